The molecule has 0 aliphatic heterocycles. The summed E-state index contributed by atoms with van der Waals surface area (Å²) in [6.07, 6.45) is -5.08. The molecular weight excluding hydrogens is 428 g/mol. The van der Waals surface area contributed by atoms with Gasteiger partial charge in [-0.15, -0.1) is 0 Å². The summed E-state index contributed by atoms with van der Waals surface area (Å²) < 4.78 is 50.7. The number of carbonyl (C=O) groups excluding carboxylic acids is 1. The van der Waals surface area contributed by atoms with E-state index in [4.69, 9.17) is 20.2 Å². The summed E-state index contributed by atoms with van der Waals surface area (Å²) in [5, 5.41) is 17.4. The number of rotatable bonds is 5. The van der Waals surface area contributed by atoms with Gasteiger partial charge in [0.15, 0.2) is 5.69 Å². The molecule has 0 unspecified atom stereocenters. The maximum absolute atomic E-state index is 13.8. The fraction of sp³-hybridized carbons (Fsp3) is 0.235. The topological polar surface area (TPSA) is 151 Å². The van der Waals surface area contributed by atoms with E-state index in [-0.39, 0.29) is 17.4 Å². The largest absolute Gasteiger partial charge is 0.490 e. The molecule has 0 saturated heterocycles. The van der Waals surface area contributed by atoms with Gasteiger partial charge < -0.3 is 20.3 Å². The Hall–Kier alpha value is -3.81. The lowest BCUT2D eigenvalue weighted by Gasteiger charge is -2.10. The van der Waals surface area contributed by atoms with Crippen LogP contribution in [0.4, 0.5) is 17.6 Å². The molecule has 0 fully saturated rings. The predicted molar refractivity (Wildman–Crippen MR) is 96.9 cm³/mol. The second-order valence-corrected chi connectivity index (χ2v) is 6.30. The van der Waals surface area contributed by atoms with Gasteiger partial charge in [-0.25, -0.2) is 9.18 Å². The maximum Gasteiger partial charge on any atom is 0.490 e. The standard InChI is InChI=1S/C15H15FN6O2.C2HF3O2/c1-22(2)7-9-5-8(3-4-10(9)16)14-18-15(24-21-14)12-6-11(13(17)23)19-20-12;3-2(4,5)1(6)7/h3-6H,7H2,1-2H3,(H2,17,23)(H,19,20);(H,6,7). The van der Waals surface area contributed by atoms with E-state index in [9.17, 15) is 22.4 Å². The molecule has 3 rings (SSSR count). The molecule has 1 aromatic carbocycles. The number of aromatic amines is 1. The molecule has 2 heterocycles. The Balaban J connectivity index is 0.000000423. The van der Waals surface area contributed by atoms with E-state index in [0.717, 1.165) is 0 Å². The highest BCUT2D eigenvalue weighted by molar-refractivity contribution is 5.91. The zero-order valence-electron chi connectivity index (χ0n) is 16.1. The summed E-state index contributed by atoms with van der Waals surface area (Å²) in [4.78, 5) is 26.1. The predicted octanol–water partition coefficient (Wildman–Crippen LogP) is 2.06. The lowest BCUT2D eigenvalue weighted by molar-refractivity contribution is -0.192. The van der Waals surface area contributed by atoms with Gasteiger partial charge in [-0.3, -0.25) is 9.89 Å². The molecule has 0 bridgehead atoms. The number of hydrogen-bond donors (Lipinski definition) is 3. The molecular formula is C17H16F4N6O4. The first-order valence-electron chi connectivity index (χ1n) is 8.31. The van der Waals surface area contributed by atoms with E-state index in [1.165, 1.54) is 12.1 Å². The van der Waals surface area contributed by atoms with Crippen molar-refractivity contribution in [2.75, 3.05) is 14.1 Å². The number of H-pyrrole nitrogens is 1. The van der Waals surface area contributed by atoms with E-state index in [1.54, 1.807) is 12.1 Å². The monoisotopic (exact) mass is 444 g/mol. The van der Waals surface area contributed by atoms with Gasteiger partial charge in [0.2, 0.25) is 5.82 Å². The smallest absolute Gasteiger partial charge is 0.475 e. The third kappa shape index (κ3) is 6.33. The van der Waals surface area contributed by atoms with Crippen LogP contribution in [0.1, 0.15) is 16.1 Å². The van der Waals surface area contributed by atoms with Crippen LogP contribution in [0.5, 0.6) is 0 Å². The SMILES string of the molecule is CN(C)Cc1cc(-c2noc(-c3cc(C(N)=O)n[nH]3)n2)ccc1F.O=C(O)C(F)(F)F. The van der Waals surface area contributed by atoms with E-state index in [1.807, 2.05) is 19.0 Å². The summed E-state index contributed by atoms with van der Waals surface area (Å²) >= 11 is 0. The second kappa shape index (κ2) is 9.34. The number of alkyl halides is 3. The third-order valence-corrected chi connectivity index (χ3v) is 3.52. The molecule has 166 valence electrons. The second-order valence-electron chi connectivity index (χ2n) is 6.30. The summed E-state index contributed by atoms with van der Waals surface area (Å²) in [5.41, 5.74) is 6.74. The Morgan fingerprint density at radius 2 is 1.90 bits per heavy atom. The summed E-state index contributed by atoms with van der Waals surface area (Å²) in [5.74, 6) is -3.25. The number of carbonyl (C=O) groups is 2. The normalized spacial score (nSPS) is 11.2. The Morgan fingerprint density at radius 1 is 1.26 bits per heavy atom. The summed E-state index contributed by atoms with van der Waals surface area (Å²) in [6, 6.07) is 6.03. The minimum absolute atomic E-state index is 0.0693. The molecule has 0 atom stereocenters. The highest BCUT2D eigenvalue weighted by atomic mass is 19.4. The lowest BCUT2D eigenvalue weighted by Crippen LogP contribution is -2.21. The van der Waals surface area contributed by atoms with Gasteiger partial charge >= 0.3 is 12.1 Å². The fourth-order valence-electron chi connectivity index (χ4n) is 2.18. The number of nitrogens with two attached hydrogens (primary N) is 1. The van der Waals surface area contributed by atoms with Crippen LogP contribution >= 0.6 is 0 Å². The number of halogens is 4. The van der Waals surface area contributed by atoms with Crippen molar-refractivity contribution in [2.24, 2.45) is 5.73 Å². The van der Waals surface area contributed by atoms with Gasteiger partial charge in [0, 0.05) is 23.7 Å². The molecule has 31 heavy (non-hydrogen) atoms. The van der Waals surface area contributed by atoms with Crippen LogP contribution in [-0.2, 0) is 11.3 Å². The first-order valence-corrected chi connectivity index (χ1v) is 8.31. The van der Waals surface area contributed by atoms with Crippen molar-refractivity contribution in [3.8, 4) is 23.0 Å². The van der Waals surface area contributed by atoms with Crippen molar-refractivity contribution < 1.29 is 36.8 Å². The number of hydrogen-bond acceptors (Lipinski definition) is 7. The van der Waals surface area contributed by atoms with E-state index < -0.39 is 18.1 Å². The number of amides is 1. The lowest BCUT2D eigenvalue weighted by atomic mass is 10.1. The molecule has 0 aliphatic carbocycles. The van der Waals surface area contributed by atoms with Crippen molar-refractivity contribution in [1.29, 1.82) is 0 Å². The third-order valence-electron chi connectivity index (χ3n) is 3.52. The molecule has 0 radical (unpaired) electrons. The molecule has 0 spiro atoms. The molecule has 0 saturated carbocycles. The Kier molecular flexibility index (Phi) is 7.07. The van der Waals surface area contributed by atoms with Crippen LogP contribution < -0.4 is 5.73 Å². The average molecular weight is 444 g/mol. The Bertz CT molecular complexity index is 1080. The Morgan fingerprint density at radius 3 is 2.42 bits per heavy atom. The number of benzene rings is 1. The van der Waals surface area contributed by atoms with Crippen LogP contribution in [0.3, 0.4) is 0 Å². The van der Waals surface area contributed by atoms with Crippen LogP contribution in [-0.4, -0.2) is 62.5 Å². The van der Waals surface area contributed by atoms with Gasteiger partial charge in [-0.05, 0) is 32.3 Å². The van der Waals surface area contributed by atoms with Crippen LogP contribution in [0.25, 0.3) is 23.0 Å². The number of carboxylic acids is 1. The molecule has 0 aliphatic rings. The number of primary amides is 1. The fourth-order valence-corrected chi connectivity index (χ4v) is 2.18. The zero-order chi connectivity index (χ0) is 23.3. The quantitative estimate of drug-likeness (QED) is 0.506. The minimum Gasteiger partial charge on any atom is -0.475 e. The van der Waals surface area contributed by atoms with Gasteiger partial charge in [0.25, 0.3) is 11.8 Å². The van der Waals surface area contributed by atoms with E-state index in [0.29, 0.717) is 29.2 Å². The summed E-state index contributed by atoms with van der Waals surface area (Å²) in [7, 11) is 3.71. The minimum atomic E-state index is -5.08. The highest BCUT2D eigenvalue weighted by Crippen LogP contribution is 2.23. The molecule has 4 N–H and O–H groups in total. The molecule has 3 aromatic rings. The van der Waals surface area contributed by atoms with E-state index >= 15 is 0 Å². The van der Waals surface area contributed by atoms with Crippen LogP contribution in [0, 0.1) is 5.82 Å². The summed E-state index contributed by atoms with van der Waals surface area (Å²) in [6.45, 7) is 0.451. The first-order chi connectivity index (χ1) is 14.4. The van der Waals surface area contributed by atoms with Crippen molar-refractivity contribution in [3.05, 3.63) is 41.3 Å². The number of carboxylic acid groups (broad SMARTS) is 1. The van der Waals surface area contributed by atoms with Crippen molar-refractivity contribution in [3.63, 3.8) is 0 Å². The number of aliphatic carboxylic acids is 1. The van der Waals surface area contributed by atoms with E-state index in [2.05, 4.69) is 20.3 Å². The number of nitrogens with zero attached hydrogens (tertiary/aromatic N) is 4. The molecule has 1 amide bonds. The average Bonchev–Trinajstić information content (AvgIpc) is 3.32. The van der Waals surface area contributed by atoms with Crippen molar-refractivity contribution in [1.82, 2.24) is 25.2 Å². The molecule has 2 aromatic heterocycles. The zero-order valence-corrected chi connectivity index (χ0v) is 16.1. The van der Waals surface area contributed by atoms with Gasteiger partial charge in [-0.2, -0.15) is 23.3 Å². The Labute approximate surface area is 171 Å². The molecule has 10 nitrogen and oxygen atoms in total. The highest BCUT2D eigenvalue weighted by Gasteiger charge is 2.38. The maximum atomic E-state index is 13.8. The van der Waals surface area contributed by atoms with Crippen LogP contribution in [0.15, 0.2) is 28.8 Å². The molecule has 14 heteroatoms. The number of aromatic nitrogens is 4. The first kappa shape index (κ1) is 23.5. The van der Waals surface area contributed by atoms with Gasteiger partial charge in [-0.1, -0.05) is 5.16 Å². The van der Waals surface area contributed by atoms with Crippen molar-refractivity contribution >= 4 is 11.9 Å². The van der Waals surface area contributed by atoms with Crippen LogP contribution in [0.2, 0.25) is 0 Å². The van der Waals surface area contributed by atoms with Gasteiger partial charge in [0.05, 0.1) is 0 Å². The number of nitrogens with one attached hydrogen (secondary N) is 1. The van der Waals surface area contributed by atoms with Crippen molar-refractivity contribution in [2.45, 2.75) is 12.7 Å². The van der Waals surface area contributed by atoms with Gasteiger partial charge in [0.1, 0.15) is 11.5 Å².